The summed E-state index contributed by atoms with van der Waals surface area (Å²) in [7, 11) is 1.63. The van der Waals surface area contributed by atoms with Gasteiger partial charge in [-0.3, -0.25) is 0 Å². The third-order valence-electron chi connectivity index (χ3n) is 2.71. The van der Waals surface area contributed by atoms with Crippen LogP contribution in [0.25, 0.3) is 10.9 Å². The molecule has 1 heterocycles. The number of hydrogen-bond acceptors (Lipinski definition) is 2. The first-order valence-corrected chi connectivity index (χ1v) is 4.75. The van der Waals surface area contributed by atoms with E-state index in [1.165, 1.54) is 0 Å². The van der Waals surface area contributed by atoms with Crippen molar-refractivity contribution >= 4 is 10.9 Å². The van der Waals surface area contributed by atoms with Gasteiger partial charge in [0.25, 0.3) is 0 Å². The highest BCUT2D eigenvalue weighted by Gasteiger charge is 2.12. The Morgan fingerprint density at radius 1 is 1.33 bits per heavy atom. The largest absolute Gasteiger partial charge is 0.495 e. The van der Waals surface area contributed by atoms with Crippen molar-refractivity contribution < 1.29 is 4.74 Å². The van der Waals surface area contributed by atoms with Gasteiger partial charge in [-0.1, -0.05) is 6.07 Å². The van der Waals surface area contributed by atoms with E-state index in [0.717, 1.165) is 27.8 Å². The first-order chi connectivity index (χ1) is 7.19. The Morgan fingerprint density at radius 3 is 2.67 bits per heavy atom. The monoisotopic (exact) mass is 200 g/mol. The molecule has 3 heteroatoms. The molecule has 0 atom stereocenters. The van der Waals surface area contributed by atoms with Gasteiger partial charge in [-0.05, 0) is 31.0 Å². The van der Waals surface area contributed by atoms with Crippen LogP contribution in [0.3, 0.4) is 0 Å². The first kappa shape index (κ1) is 9.60. The molecular weight excluding hydrogens is 188 g/mol. The highest BCUT2D eigenvalue weighted by atomic mass is 16.5. The Balaban J connectivity index is 2.93. The molecule has 0 aliphatic rings. The van der Waals surface area contributed by atoms with Gasteiger partial charge < -0.3 is 9.72 Å². The SMILES string of the molecule is COc1ccc(C)c2c(C)c(C#N)[nH]c12. The van der Waals surface area contributed by atoms with Crippen molar-refractivity contribution in [2.45, 2.75) is 13.8 Å². The van der Waals surface area contributed by atoms with E-state index in [9.17, 15) is 0 Å². The number of benzene rings is 1. The van der Waals surface area contributed by atoms with E-state index in [0.29, 0.717) is 5.69 Å². The summed E-state index contributed by atoms with van der Waals surface area (Å²) in [6, 6.07) is 6.07. The maximum atomic E-state index is 8.95. The molecule has 0 aliphatic carbocycles. The Labute approximate surface area is 88.3 Å². The smallest absolute Gasteiger partial charge is 0.142 e. The van der Waals surface area contributed by atoms with Crippen molar-refractivity contribution in [1.82, 2.24) is 4.98 Å². The van der Waals surface area contributed by atoms with Gasteiger partial charge in [0.1, 0.15) is 17.5 Å². The zero-order chi connectivity index (χ0) is 11.0. The molecule has 3 nitrogen and oxygen atoms in total. The summed E-state index contributed by atoms with van der Waals surface area (Å²) in [6.07, 6.45) is 0. The van der Waals surface area contributed by atoms with Crippen molar-refractivity contribution in [1.29, 1.82) is 5.26 Å². The molecule has 0 radical (unpaired) electrons. The first-order valence-electron chi connectivity index (χ1n) is 4.75. The number of aryl methyl sites for hydroxylation is 2. The maximum absolute atomic E-state index is 8.95. The molecule has 0 bridgehead atoms. The number of nitrogens with zero attached hydrogens (tertiary/aromatic N) is 1. The molecule has 0 saturated heterocycles. The van der Waals surface area contributed by atoms with E-state index in [2.05, 4.69) is 11.1 Å². The lowest BCUT2D eigenvalue weighted by atomic mass is 10.1. The minimum absolute atomic E-state index is 0.609. The summed E-state index contributed by atoms with van der Waals surface area (Å²) in [6.45, 7) is 3.98. The second-order valence-electron chi connectivity index (χ2n) is 3.57. The van der Waals surface area contributed by atoms with E-state index >= 15 is 0 Å². The van der Waals surface area contributed by atoms with Crippen LogP contribution in [-0.4, -0.2) is 12.1 Å². The van der Waals surface area contributed by atoms with Crippen LogP contribution in [-0.2, 0) is 0 Å². The van der Waals surface area contributed by atoms with Crippen LogP contribution in [0.5, 0.6) is 5.75 Å². The highest BCUT2D eigenvalue weighted by Crippen LogP contribution is 2.31. The zero-order valence-electron chi connectivity index (χ0n) is 9.01. The molecule has 2 rings (SSSR count). The van der Waals surface area contributed by atoms with Crippen LogP contribution in [0.1, 0.15) is 16.8 Å². The van der Waals surface area contributed by atoms with Crippen LogP contribution in [0.2, 0.25) is 0 Å². The molecular formula is C12H12N2O. The van der Waals surface area contributed by atoms with Crippen molar-refractivity contribution in [2.24, 2.45) is 0 Å². The third-order valence-corrected chi connectivity index (χ3v) is 2.71. The van der Waals surface area contributed by atoms with E-state index in [4.69, 9.17) is 10.00 Å². The fraction of sp³-hybridized carbons (Fsp3) is 0.250. The lowest BCUT2D eigenvalue weighted by Crippen LogP contribution is -1.85. The van der Waals surface area contributed by atoms with E-state index < -0.39 is 0 Å². The van der Waals surface area contributed by atoms with Gasteiger partial charge in [-0.15, -0.1) is 0 Å². The molecule has 2 aromatic rings. The fourth-order valence-electron chi connectivity index (χ4n) is 1.92. The lowest BCUT2D eigenvalue weighted by Gasteiger charge is -2.03. The third kappa shape index (κ3) is 1.26. The molecule has 15 heavy (non-hydrogen) atoms. The van der Waals surface area contributed by atoms with E-state index in [1.54, 1.807) is 7.11 Å². The summed E-state index contributed by atoms with van der Waals surface area (Å²) < 4.78 is 5.25. The fourth-order valence-corrected chi connectivity index (χ4v) is 1.92. The number of rotatable bonds is 1. The van der Waals surface area contributed by atoms with Gasteiger partial charge in [0.15, 0.2) is 0 Å². The molecule has 0 fully saturated rings. The summed E-state index contributed by atoms with van der Waals surface area (Å²) >= 11 is 0. The minimum atomic E-state index is 0.609. The number of aromatic nitrogens is 1. The van der Waals surface area contributed by atoms with Crippen LogP contribution >= 0.6 is 0 Å². The van der Waals surface area contributed by atoms with Crippen molar-refractivity contribution in [3.05, 3.63) is 29.0 Å². The standard InChI is InChI=1S/C12H12N2O/c1-7-4-5-10(15-3)12-11(7)8(2)9(6-13)14-12/h4-5,14H,1-3H3. The van der Waals surface area contributed by atoms with Crippen LogP contribution in [0, 0.1) is 25.2 Å². The number of ether oxygens (including phenoxy) is 1. The molecule has 0 spiro atoms. The predicted octanol–water partition coefficient (Wildman–Crippen LogP) is 2.67. The predicted molar refractivity (Wildman–Crippen MR) is 59.0 cm³/mol. The average molecular weight is 200 g/mol. The summed E-state index contributed by atoms with van der Waals surface area (Å²) in [5.41, 5.74) is 3.66. The minimum Gasteiger partial charge on any atom is -0.495 e. The molecule has 0 unspecified atom stereocenters. The Bertz CT molecular complexity index is 561. The number of hydrogen-bond donors (Lipinski definition) is 1. The molecule has 0 amide bonds. The van der Waals surface area contributed by atoms with Gasteiger partial charge in [-0.25, -0.2) is 0 Å². The summed E-state index contributed by atoms with van der Waals surface area (Å²) in [4.78, 5) is 3.09. The lowest BCUT2D eigenvalue weighted by molar-refractivity contribution is 0.419. The van der Waals surface area contributed by atoms with Gasteiger partial charge in [0.2, 0.25) is 0 Å². The van der Waals surface area contributed by atoms with E-state index in [1.807, 2.05) is 26.0 Å². The Hall–Kier alpha value is -1.95. The quantitative estimate of drug-likeness (QED) is 0.769. The molecule has 76 valence electrons. The molecule has 0 saturated carbocycles. The number of nitrogens with one attached hydrogen (secondary N) is 1. The van der Waals surface area contributed by atoms with Crippen LogP contribution in [0.15, 0.2) is 12.1 Å². The topological polar surface area (TPSA) is 48.8 Å². The number of aromatic amines is 1. The second-order valence-corrected chi connectivity index (χ2v) is 3.57. The maximum Gasteiger partial charge on any atom is 0.142 e. The number of H-pyrrole nitrogens is 1. The van der Waals surface area contributed by atoms with Crippen molar-refractivity contribution in [2.75, 3.05) is 7.11 Å². The molecule has 1 aromatic carbocycles. The normalized spacial score (nSPS) is 10.3. The number of nitriles is 1. The van der Waals surface area contributed by atoms with Crippen LogP contribution < -0.4 is 4.74 Å². The Kier molecular flexibility index (Phi) is 2.12. The van der Waals surface area contributed by atoms with Gasteiger partial charge in [-0.2, -0.15) is 5.26 Å². The molecule has 1 N–H and O–H groups in total. The van der Waals surface area contributed by atoms with E-state index in [-0.39, 0.29) is 0 Å². The van der Waals surface area contributed by atoms with Gasteiger partial charge in [0, 0.05) is 5.39 Å². The summed E-state index contributed by atoms with van der Waals surface area (Å²) in [5.74, 6) is 0.778. The number of methoxy groups -OCH3 is 1. The van der Waals surface area contributed by atoms with Gasteiger partial charge in [0.05, 0.1) is 12.6 Å². The van der Waals surface area contributed by atoms with Gasteiger partial charge >= 0.3 is 0 Å². The second kappa shape index (κ2) is 3.32. The van der Waals surface area contributed by atoms with Crippen molar-refractivity contribution in [3.8, 4) is 11.8 Å². The van der Waals surface area contributed by atoms with Crippen LogP contribution in [0.4, 0.5) is 0 Å². The molecule has 0 aliphatic heterocycles. The average Bonchev–Trinajstić information content (AvgIpc) is 2.57. The van der Waals surface area contributed by atoms with Crippen molar-refractivity contribution in [3.63, 3.8) is 0 Å². The number of fused-ring (bicyclic) bond motifs is 1. The Morgan fingerprint density at radius 2 is 2.07 bits per heavy atom. The molecule has 1 aromatic heterocycles. The zero-order valence-corrected chi connectivity index (χ0v) is 9.01. The summed E-state index contributed by atoms with van der Waals surface area (Å²) in [5, 5.41) is 10.0. The highest BCUT2D eigenvalue weighted by molar-refractivity contribution is 5.92.